The van der Waals surface area contributed by atoms with Crippen molar-refractivity contribution in [2.45, 2.75) is 103 Å². The highest BCUT2D eigenvalue weighted by Gasteiger charge is 2.19. The summed E-state index contributed by atoms with van der Waals surface area (Å²) in [6.45, 7) is 5.27. The second-order valence-electron chi connectivity index (χ2n) is 7.82. The molecule has 0 aliphatic rings. The highest BCUT2D eigenvalue weighted by atomic mass is 16.3. The second kappa shape index (κ2) is 16.6. The Morgan fingerprint density at radius 3 is 2.14 bits per heavy atom. The summed E-state index contributed by atoms with van der Waals surface area (Å²) in [4.78, 5) is 11.6. The molecular formula is C24H42N2O2. The van der Waals surface area contributed by atoms with Crippen LogP contribution in [0.1, 0.15) is 90.0 Å². The molecule has 1 aromatic carbocycles. The van der Waals surface area contributed by atoms with E-state index >= 15 is 0 Å². The smallest absolute Gasteiger partial charge is 0.219 e. The van der Waals surface area contributed by atoms with Crippen molar-refractivity contribution in [3.8, 4) is 0 Å². The normalized spacial score (nSPS) is 13.2. The van der Waals surface area contributed by atoms with Crippen LogP contribution in [0.4, 0.5) is 0 Å². The summed E-state index contributed by atoms with van der Waals surface area (Å²) in [5, 5.41) is 17.0. The summed E-state index contributed by atoms with van der Waals surface area (Å²) in [5.74, 6) is 0.0294. The quantitative estimate of drug-likeness (QED) is 0.330. The standard InChI is InChI=1S/C24H42N2O2/c1-3-5-6-7-8-9-10-11-15-18-23(27)22(20-26-24(28)4-2)25-19-21-16-13-12-14-17-21/h12-14,16-17,22-23,25,27H,3-11,15,18-20H2,1-2H3,(H,26,28)/t22-,23-/m0/s1. The average Bonchev–Trinajstić information content (AvgIpc) is 2.72. The Hall–Kier alpha value is -1.39. The fourth-order valence-electron chi connectivity index (χ4n) is 3.40. The Labute approximate surface area is 172 Å². The fourth-order valence-corrected chi connectivity index (χ4v) is 3.40. The van der Waals surface area contributed by atoms with Crippen molar-refractivity contribution in [3.05, 3.63) is 35.9 Å². The lowest BCUT2D eigenvalue weighted by molar-refractivity contribution is -0.121. The maximum atomic E-state index is 11.6. The number of benzene rings is 1. The number of carbonyl (C=O) groups excluding carboxylic acids is 1. The molecule has 0 saturated heterocycles. The van der Waals surface area contributed by atoms with Gasteiger partial charge in [0, 0.05) is 19.5 Å². The van der Waals surface area contributed by atoms with Crippen molar-refractivity contribution < 1.29 is 9.90 Å². The number of rotatable bonds is 17. The molecule has 0 aromatic heterocycles. The first kappa shape index (κ1) is 24.6. The number of amides is 1. The molecule has 0 radical (unpaired) electrons. The first-order valence-electron chi connectivity index (χ1n) is 11.4. The highest BCUT2D eigenvalue weighted by Crippen LogP contribution is 2.13. The van der Waals surface area contributed by atoms with Gasteiger partial charge in [0.1, 0.15) is 0 Å². The number of unbranched alkanes of at least 4 members (excludes halogenated alkanes) is 8. The van der Waals surface area contributed by atoms with Gasteiger partial charge in [0.05, 0.1) is 12.1 Å². The van der Waals surface area contributed by atoms with Gasteiger partial charge in [-0.1, -0.05) is 102 Å². The van der Waals surface area contributed by atoms with Crippen molar-refractivity contribution in [2.24, 2.45) is 0 Å². The maximum Gasteiger partial charge on any atom is 0.219 e. The molecule has 0 saturated carbocycles. The van der Waals surface area contributed by atoms with Crippen molar-refractivity contribution in [2.75, 3.05) is 6.54 Å². The van der Waals surface area contributed by atoms with Gasteiger partial charge < -0.3 is 15.7 Å². The molecule has 1 aromatic rings. The molecule has 4 heteroatoms. The number of hydrogen-bond acceptors (Lipinski definition) is 3. The molecule has 2 atom stereocenters. The van der Waals surface area contributed by atoms with Gasteiger partial charge in [-0.05, 0) is 12.0 Å². The zero-order valence-electron chi connectivity index (χ0n) is 18.1. The number of aliphatic hydroxyl groups excluding tert-OH is 1. The summed E-state index contributed by atoms with van der Waals surface area (Å²) in [5.41, 5.74) is 1.18. The number of aliphatic hydroxyl groups is 1. The van der Waals surface area contributed by atoms with Crippen LogP contribution in [-0.4, -0.2) is 29.7 Å². The van der Waals surface area contributed by atoms with Gasteiger partial charge in [-0.15, -0.1) is 0 Å². The van der Waals surface area contributed by atoms with E-state index in [9.17, 15) is 9.90 Å². The van der Waals surface area contributed by atoms with Gasteiger partial charge in [0.15, 0.2) is 0 Å². The lowest BCUT2D eigenvalue weighted by Crippen LogP contribution is -2.47. The molecule has 0 heterocycles. The monoisotopic (exact) mass is 390 g/mol. The van der Waals surface area contributed by atoms with Crippen LogP contribution >= 0.6 is 0 Å². The third kappa shape index (κ3) is 12.1. The van der Waals surface area contributed by atoms with E-state index in [1.165, 1.54) is 56.9 Å². The molecule has 0 aliphatic carbocycles. The van der Waals surface area contributed by atoms with Crippen LogP contribution in [0.15, 0.2) is 30.3 Å². The SMILES string of the molecule is CCCCCCCCCCC[C@H](O)[C@H](CNC(=O)CC)NCc1ccccc1. The van der Waals surface area contributed by atoms with Crippen LogP contribution in [0.3, 0.4) is 0 Å². The third-order valence-electron chi connectivity index (χ3n) is 5.32. The number of carbonyl (C=O) groups is 1. The Bertz CT molecular complexity index is 493. The molecule has 0 unspecified atom stereocenters. The van der Waals surface area contributed by atoms with E-state index in [-0.39, 0.29) is 11.9 Å². The third-order valence-corrected chi connectivity index (χ3v) is 5.32. The number of nitrogens with one attached hydrogen (secondary N) is 2. The van der Waals surface area contributed by atoms with Gasteiger partial charge in [0.2, 0.25) is 5.91 Å². The predicted molar refractivity (Wildman–Crippen MR) is 118 cm³/mol. The van der Waals surface area contributed by atoms with E-state index in [1.54, 1.807) is 0 Å². The fraction of sp³-hybridized carbons (Fsp3) is 0.708. The topological polar surface area (TPSA) is 61.4 Å². The van der Waals surface area contributed by atoms with Crippen molar-refractivity contribution in [1.82, 2.24) is 10.6 Å². The minimum Gasteiger partial charge on any atom is -0.391 e. The zero-order chi connectivity index (χ0) is 20.5. The minimum atomic E-state index is -0.439. The summed E-state index contributed by atoms with van der Waals surface area (Å²) < 4.78 is 0. The Morgan fingerprint density at radius 2 is 1.54 bits per heavy atom. The summed E-state index contributed by atoms with van der Waals surface area (Å²) in [6, 6.07) is 10.1. The molecule has 0 fully saturated rings. The van der Waals surface area contributed by atoms with Crippen LogP contribution in [0.5, 0.6) is 0 Å². The molecule has 4 nitrogen and oxygen atoms in total. The molecule has 160 valence electrons. The van der Waals surface area contributed by atoms with Gasteiger partial charge in [-0.25, -0.2) is 0 Å². The van der Waals surface area contributed by atoms with Crippen molar-refractivity contribution >= 4 is 5.91 Å². The lowest BCUT2D eigenvalue weighted by Gasteiger charge is -2.25. The van der Waals surface area contributed by atoms with E-state index in [0.29, 0.717) is 19.5 Å². The minimum absolute atomic E-state index is 0.0294. The van der Waals surface area contributed by atoms with Gasteiger partial charge in [-0.3, -0.25) is 4.79 Å². The molecule has 28 heavy (non-hydrogen) atoms. The summed E-state index contributed by atoms with van der Waals surface area (Å²) in [7, 11) is 0. The van der Waals surface area contributed by atoms with Gasteiger partial charge in [0.25, 0.3) is 0 Å². The van der Waals surface area contributed by atoms with Crippen LogP contribution < -0.4 is 10.6 Å². The van der Waals surface area contributed by atoms with Gasteiger partial charge >= 0.3 is 0 Å². The van der Waals surface area contributed by atoms with Crippen molar-refractivity contribution in [3.63, 3.8) is 0 Å². The lowest BCUT2D eigenvalue weighted by atomic mass is 10.0. The largest absolute Gasteiger partial charge is 0.391 e. The van der Waals surface area contributed by atoms with Crippen LogP contribution in [-0.2, 0) is 11.3 Å². The van der Waals surface area contributed by atoms with E-state index in [0.717, 1.165) is 12.8 Å². The molecule has 0 aliphatic heterocycles. The number of hydrogen-bond donors (Lipinski definition) is 3. The summed E-state index contributed by atoms with van der Waals surface area (Å²) in [6.07, 6.45) is 12.3. The Balaban J connectivity index is 2.28. The molecule has 1 rings (SSSR count). The molecule has 0 bridgehead atoms. The molecule has 1 amide bonds. The van der Waals surface area contributed by atoms with Crippen LogP contribution in [0.25, 0.3) is 0 Å². The molecule has 3 N–H and O–H groups in total. The van der Waals surface area contributed by atoms with Crippen LogP contribution in [0, 0.1) is 0 Å². The van der Waals surface area contributed by atoms with E-state index in [4.69, 9.17) is 0 Å². The maximum absolute atomic E-state index is 11.6. The van der Waals surface area contributed by atoms with E-state index in [1.807, 2.05) is 25.1 Å². The average molecular weight is 391 g/mol. The highest BCUT2D eigenvalue weighted by molar-refractivity contribution is 5.75. The van der Waals surface area contributed by atoms with E-state index in [2.05, 4.69) is 29.7 Å². The molecular weight excluding hydrogens is 348 g/mol. The predicted octanol–water partition coefficient (Wildman–Crippen LogP) is 4.95. The van der Waals surface area contributed by atoms with Crippen molar-refractivity contribution in [1.29, 1.82) is 0 Å². The summed E-state index contributed by atoms with van der Waals surface area (Å²) >= 11 is 0. The van der Waals surface area contributed by atoms with Crippen LogP contribution in [0.2, 0.25) is 0 Å². The molecule has 0 spiro atoms. The second-order valence-corrected chi connectivity index (χ2v) is 7.82. The van der Waals surface area contributed by atoms with Gasteiger partial charge in [-0.2, -0.15) is 0 Å². The van der Waals surface area contributed by atoms with E-state index < -0.39 is 6.10 Å². The first-order valence-corrected chi connectivity index (χ1v) is 11.4. The first-order chi connectivity index (χ1) is 13.7. The zero-order valence-corrected chi connectivity index (χ0v) is 18.1. The Kier molecular flexibility index (Phi) is 14.6. The Morgan fingerprint density at radius 1 is 0.929 bits per heavy atom.